The summed E-state index contributed by atoms with van der Waals surface area (Å²) >= 11 is 6.05. The van der Waals surface area contributed by atoms with E-state index in [1.54, 1.807) is 79.8 Å². The van der Waals surface area contributed by atoms with Gasteiger partial charge in [-0.25, -0.2) is 4.99 Å². The van der Waals surface area contributed by atoms with Crippen molar-refractivity contribution in [3.63, 3.8) is 0 Å². The van der Waals surface area contributed by atoms with E-state index < -0.39 is 5.91 Å². The van der Waals surface area contributed by atoms with E-state index >= 15 is 0 Å². The Morgan fingerprint density at radius 2 is 1.77 bits per heavy atom. The van der Waals surface area contributed by atoms with E-state index in [-0.39, 0.29) is 28.6 Å². The highest BCUT2D eigenvalue weighted by molar-refractivity contribution is 6.31. The van der Waals surface area contributed by atoms with Crippen molar-refractivity contribution in [1.29, 1.82) is 0 Å². The van der Waals surface area contributed by atoms with Crippen LogP contribution in [-0.2, 0) is 9.59 Å². The van der Waals surface area contributed by atoms with E-state index in [0.29, 0.717) is 27.9 Å². The molecular weight excluding hydrogens is 578 g/mol. The number of nitrogens with zero attached hydrogens (tertiary/aromatic N) is 4. The molecule has 11 heteroatoms. The van der Waals surface area contributed by atoms with Gasteiger partial charge in [0.15, 0.2) is 11.6 Å². The molecular formula is C33H24ClN7O3. The first-order chi connectivity index (χ1) is 21.4. The number of benzene rings is 3. The summed E-state index contributed by atoms with van der Waals surface area (Å²) in [6.45, 7) is 1.75. The van der Waals surface area contributed by atoms with Crippen molar-refractivity contribution in [2.45, 2.75) is 6.92 Å². The van der Waals surface area contributed by atoms with E-state index in [1.165, 1.54) is 11.0 Å². The van der Waals surface area contributed by atoms with Crippen LogP contribution in [-0.4, -0.2) is 28.4 Å². The van der Waals surface area contributed by atoms with Gasteiger partial charge in [0.05, 0.1) is 16.9 Å². The second-order valence-electron chi connectivity index (χ2n) is 9.78. The van der Waals surface area contributed by atoms with Crippen LogP contribution in [0.3, 0.4) is 0 Å². The first-order valence-corrected chi connectivity index (χ1v) is 13.9. The van der Waals surface area contributed by atoms with Crippen LogP contribution in [0.15, 0.2) is 136 Å². The van der Waals surface area contributed by atoms with Gasteiger partial charge in [-0.15, -0.1) is 10.2 Å². The number of amides is 2. The Bertz CT molecular complexity index is 2000. The fourth-order valence-corrected chi connectivity index (χ4v) is 4.90. The van der Waals surface area contributed by atoms with Gasteiger partial charge in [0.1, 0.15) is 11.5 Å². The Balaban J connectivity index is 1.19. The number of fused-ring (bicyclic) bond motifs is 1. The third-order valence-corrected chi connectivity index (χ3v) is 7.08. The summed E-state index contributed by atoms with van der Waals surface area (Å²) in [6.07, 6.45) is 9.84. The molecule has 0 saturated carbocycles. The van der Waals surface area contributed by atoms with Crippen molar-refractivity contribution < 1.29 is 14.4 Å². The SMILES string of the molecule is CC1=N/C(=C/c2c[nH]c3ccccc23)C(=O)N1c1ccc(C(=O)N=N/C(NNc2cccc(Cl)c2)=C2\C=CC=CC2=O)cc1. The number of ketones is 1. The van der Waals surface area contributed by atoms with Crippen LogP contribution >= 0.6 is 11.6 Å². The van der Waals surface area contributed by atoms with Gasteiger partial charge in [-0.2, -0.15) is 0 Å². The largest absolute Gasteiger partial charge is 0.361 e. The van der Waals surface area contributed by atoms with Crippen molar-refractivity contribution in [1.82, 2.24) is 10.4 Å². The Kier molecular flexibility index (Phi) is 7.81. The van der Waals surface area contributed by atoms with Crippen molar-refractivity contribution in [3.8, 4) is 0 Å². The average Bonchev–Trinajstić information content (AvgIpc) is 3.57. The number of halogens is 1. The van der Waals surface area contributed by atoms with Crippen LogP contribution in [0.5, 0.6) is 0 Å². The molecule has 2 amide bonds. The lowest BCUT2D eigenvalue weighted by Gasteiger charge is -2.16. The number of aromatic nitrogens is 1. The zero-order valence-electron chi connectivity index (χ0n) is 23.3. The minimum absolute atomic E-state index is 0.0459. The minimum atomic E-state index is -0.639. The zero-order valence-corrected chi connectivity index (χ0v) is 24.0. The summed E-state index contributed by atoms with van der Waals surface area (Å²) in [7, 11) is 0. The van der Waals surface area contributed by atoms with Crippen LogP contribution in [0.1, 0.15) is 22.8 Å². The van der Waals surface area contributed by atoms with Gasteiger partial charge < -0.3 is 4.98 Å². The number of anilines is 2. The molecule has 216 valence electrons. The van der Waals surface area contributed by atoms with Crippen LogP contribution < -0.4 is 15.8 Å². The number of carbonyl (C=O) groups excluding carboxylic acids is 3. The molecule has 2 aliphatic rings. The summed E-state index contributed by atoms with van der Waals surface area (Å²) in [5.41, 5.74) is 9.52. The highest BCUT2D eigenvalue weighted by Gasteiger charge is 2.29. The molecule has 6 rings (SSSR count). The number of azo groups is 1. The van der Waals surface area contributed by atoms with E-state index in [4.69, 9.17) is 11.6 Å². The van der Waals surface area contributed by atoms with Crippen molar-refractivity contribution in [3.05, 3.63) is 137 Å². The molecule has 0 spiro atoms. The zero-order chi connectivity index (χ0) is 30.6. The van der Waals surface area contributed by atoms with Gasteiger partial charge in [-0.1, -0.05) is 48.0 Å². The number of aromatic amines is 1. The normalized spacial score (nSPS) is 16.7. The van der Waals surface area contributed by atoms with E-state index in [9.17, 15) is 14.4 Å². The van der Waals surface area contributed by atoms with Crippen LogP contribution in [0.25, 0.3) is 17.0 Å². The lowest BCUT2D eigenvalue weighted by atomic mass is 10.1. The number of para-hydroxylation sites is 1. The highest BCUT2D eigenvalue weighted by atomic mass is 35.5. The van der Waals surface area contributed by atoms with Crippen molar-refractivity contribution in [2.75, 3.05) is 10.3 Å². The number of amidine groups is 1. The molecule has 1 aromatic heterocycles. The number of hydrazine groups is 1. The summed E-state index contributed by atoms with van der Waals surface area (Å²) < 4.78 is 0. The topological polar surface area (TPSA) is 131 Å². The Morgan fingerprint density at radius 1 is 0.977 bits per heavy atom. The van der Waals surface area contributed by atoms with Gasteiger partial charge in [-0.3, -0.25) is 30.1 Å². The van der Waals surface area contributed by atoms with Gasteiger partial charge >= 0.3 is 0 Å². The molecule has 0 bridgehead atoms. The van der Waals surface area contributed by atoms with Crippen LogP contribution in [0, 0.1) is 0 Å². The molecule has 44 heavy (non-hydrogen) atoms. The number of rotatable bonds is 7. The molecule has 2 heterocycles. The molecule has 4 aromatic rings. The first kappa shape index (κ1) is 28.3. The monoisotopic (exact) mass is 601 g/mol. The fourth-order valence-electron chi connectivity index (χ4n) is 4.70. The third kappa shape index (κ3) is 5.87. The molecule has 0 saturated heterocycles. The lowest BCUT2D eigenvalue weighted by Crippen LogP contribution is -2.30. The smallest absolute Gasteiger partial charge is 0.295 e. The predicted octanol–water partition coefficient (Wildman–Crippen LogP) is 6.74. The van der Waals surface area contributed by atoms with Crippen molar-refractivity contribution >= 4 is 63.4 Å². The first-order valence-electron chi connectivity index (χ1n) is 13.5. The number of hydrogen-bond donors (Lipinski definition) is 3. The molecule has 0 unspecified atom stereocenters. The number of aliphatic imine (C=N–C) groups is 1. The summed E-state index contributed by atoms with van der Waals surface area (Å²) in [5, 5.41) is 9.40. The molecule has 0 radical (unpaired) electrons. The van der Waals surface area contributed by atoms with Gasteiger partial charge in [0, 0.05) is 33.2 Å². The molecule has 1 aliphatic heterocycles. The Labute approximate surface area is 256 Å². The molecule has 1 aliphatic carbocycles. The third-order valence-electron chi connectivity index (χ3n) is 6.85. The van der Waals surface area contributed by atoms with Gasteiger partial charge in [0.25, 0.3) is 11.8 Å². The van der Waals surface area contributed by atoms with E-state index in [0.717, 1.165) is 16.5 Å². The molecule has 3 N–H and O–H groups in total. The predicted molar refractivity (Wildman–Crippen MR) is 171 cm³/mol. The Hall–Kier alpha value is -5.87. The number of allylic oxidation sites excluding steroid dienone is 5. The number of H-pyrrole nitrogens is 1. The fraction of sp³-hybridized carbons (Fsp3) is 0.0303. The van der Waals surface area contributed by atoms with Crippen LogP contribution in [0.4, 0.5) is 11.4 Å². The summed E-state index contributed by atoms with van der Waals surface area (Å²) in [6, 6.07) is 21.1. The van der Waals surface area contributed by atoms with Crippen molar-refractivity contribution in [2.24, 2.45) is 15.2 Å². The highest BCUT2D eigenvalue weighted by Crippen LogP contribution is 2.28. The lowest BCUT2D eigenvalue weighted by molar-refractivity contribution is -0.114. The molecule has 0 fully saturated rings. The second-order valence-corrected chi connectivity index (χ2v) is 10.2. The maximum absolute atomic E-state index is 13.3. The van der Waals surface area contributed by atoms with E-state index in [1.807, 2.05) is 30.5 Å². The minimum Gasteiger partial charge on any atom is -0.361 e. The van der Waals surface area contributed by atoms with E-state index in [2.05, 4.69) is 31.1 Å². The summed E-state index contributed by atoms with van der Waals surface area (Å²) in [5.74, 6) is -0.664. The average molecular weight is 602 g/mol. The van der Waals surface area contributed by atoms with Crippen LogP contribution in [0.2, 0.25) is 5.02 Å². The standard InChI is InChI=1S/C33H24ClN7O3/c1-20-36-29(17-22-19-35-28-11-4-2-9-26(22)28)33(44)41(20)25-15-13-21(14-16-25)32(43)40-39-31(27-10-3-5-12-30(27)42)38-37-24-8-6-7-23(34)18-24/h2-19,35,37-38H,1H3/b29-17+,31-27+,40-39?. The molecule has 0 atom stereocenters. The maximum Gasteiger partial charge on any atom is 0.295 e. The number of nitrogens with one attached hydrogen (secondary N) is 3. The second kappa shape index (κ2) is 12.2. The maximum atomic E-state index is 13.3. The Morgan fingerprint density at radius 3 is 2.57 bits per heavy atom. The molecule has 3 aromatic carbocycles. The summed E-state index contributed by atoms with van der Waals surface area (Å²) in [4.78, 5) is 47.9. The van der Waals surface area contributed by atoms with Gasteiger partial charge in [0.2, 0.25) is 0 Å². The number of hydrogen-bond acceptors (Lipinski definition) is 7. The quantitative estimate of drug-likeness (QED) is 0.123. The number of carbonyl (C=O) groups is 3. The van der Waals surface area contributed by atoms with Gasteiger partial charge in [-0.05, 0) is 73.7 Å². The molecule has 10 nitrogen and oxygen atoms in total.